The number of ether oxygens (including phenoxy) is 3. The van der Waals surface area contributed by atoms with E-state index in [1.807, 2.05) is 0 Å². The molecule has 2 N–H and O–H groups in total. The topological polar surface area (TPSA) is 119 Å². The number of aromatic nitrogens is 1. The van der Waals surface area contributed by atoms with Gasteiger partial charge in [0.15, 0.2) is 0 Å². The number of amides is 3. The van der Waals surface area contributed by atoms with Crippen LogP contribution in [0.4, 0.5) is 16.3 Å². The molecule has 3 heterocycles. The summed E-state index contributed by atoms with van der Waals surface area (Å²) < 4.78 is 17.2. The molecule has 1 aromatic rings. The third-order valence-corrected chi connectivity index (χ3v) is 11.3. The number of pyridine rings is 1. The molecule has 11 heteroatoms. The van der Waals surface area contributed by atoms with E-state index in [9.17, 15) is 14.4 Å². The van der Waals surface area contributed by atoms with Crippen molar-refractivity contribution in [2.45, 2.75) is 108 Å². The number of carbonyl (C=O) groups is 3. The minimum atomic E-state index is -1.28. The van der Waals surface area contributed by atoms with Crippen molar-refractivity contribution in [2.75, 3.05) is 36.8 Å². The molecular weight excluding hydrogens is 552 g/mol. The van der Waals surface area contributed by atoms with Gasteiger partial charge in [-0.1, -0.05) is 39.4 Å². The van der Waals surface area contributed by atoms with E-state index < -0.39 is 25.6 Å². The van der Waals surface area contributed by atoms with Crippen molar-refractivity contribution in [3.05, 3.63) is 17.8 Å². The molecule has 3 fully saturated rings. The minimum absolute atomic E-state index is 0.00804. The molecule has 0 aromatic carbocycles. The first-order valence-electron chi connectivity index (χ1n) is 15.8. The second-order valence-corrected chi connectivity index (χ2v) is 19.6. The van der Waals surface area contributed by atoms with Crippen LogP contribution in [0.5, 0.6) is 0 Å². The highest BCUT2D eigenvalue weighted by Crippen LogP contribution is 2.48. The molecule has 0 bridgehead atoms. The van der Waals surface area contributed by atoms with Crippen LogP contribution < -0.4 is 15.5 Å². The van der Waals surface area contributed by atoms with Crippen LogP contribution in [0.25, 0.3) is 0 Å². The Bertz CT molecular complexity index is 1140. The van der Waals surface area contributed by atoms with Crippen LogP contribution in [0, 0.1) is 11.8 Å². The first kappa shape index (κ1) is 30.9. The summed E-state index contributed by atoms with van der Waals surface area (Å²) in [5, 5.41) is 5.85. The Morgan fingerprint density at radius 1 is 1.14 bits per heavy atom. The van der Waals surface area contributed by atoms with Gasteiger partial charge in [0.2, 0.25) is 11.8 Å². The lowest BCUT2D eigenvalue weighted by Crippen LogP contribution is -2.50. The monoisotopic (exact) mass is 600 g/mol. The zero-order chi connectivity index (χ0) is 29.9. The van der Waals surface area contributed by atoms with Gasteiger partial charge in [-0.15, -0.1) is 0 Å². The molecular formula is C31H48N4O6Si. The van der Waals surface area contributed by atoms with Gasteiger partial charge in [0.05, 0.1) is 11.1 Å². The second kappa shape index (κ2) is 13.0. The summed E-state index contributed by atoms with van der Waals surface area (Å²) in [6.07, 6.45) is 8.88. The number of fused-ring (bicyclic) bond motifs is 2. The summed E-state index contributed by atoms with van der Waals surface area (Å²) in [5.74, 6) is 0.683. The maximum Gasteiger partial charge on any atom is 0.408 e. The van der Waals surface area contributed by atoms with Gasteiger partial charge in [-0.25, -0.2) is 9.78 Å². The molecule has 2 aliphatic heterocycles. The third-order valence-electron chi connectivity index (χ3n) is 9.57. The average Bonchev–Trinajstić information content (AvgIpc) is 3.14. The van der Waals surface area contributed by atoms with Crippen molar-refractivity contribution >= 4 is 37.5 Å². The second-order valence-electron chi connectivity index (χ2n) is 14.0. The predicted octanol–water partition coefficient (Wildman–Crippen LogP) is 5.20. The molecule has 0 radical (unpaired) electrons. The summed E-state index contributed by atoms with van der Waals surface area (Å²) in [6.45, 7) is 10.9. The highest BCUT2D eigenvalue weighted by molar-refractivity contribution is 6.76. The van der Waals surface area contributed by atoms with E-state index in [0.29, 0.717) is 44.4 Å². The molecule has 10 nitrogen and oxygen atoms in total. The fourth-order valence-electron chi connectivity index (χ4n) is 6.48. The molecule has 232 valence electrons. The van der Waals surface area contributed by atoms with Crippen molar-refractivity contribution in [3.63, 3.8) is 0 Å². The quantitative estimate of drug-likeness (QED) is 0.280. The summed E-state index contributed by atoms with van der Waals surface area (Å²) in [5.41, 5.74) is 0.905. The van der Waals surface area contributed by atoms with Crippen LogP contribution in [0.2, 0.25) is 25.7 Å². The summed E-state index contributed by atoms with van der Waals surface area (Å²) in [7, 11) is -1.28. The number of rotatable bonds is 10. The summed E-state index contributed by atoms with van der Waals surface area (Å²) >= 11 is 0. The van der Waals surface area contributed by atoms with Gasteiger partial charge < -0.3 is 24.8 Å². The number of carbonyl (C=O) groups excluding carboxylic acids is 3. The maximum absolute atomic E-state index is 13.9. The molecule has 1 saturated heterocycles. The molecule has 3 amide bonds. The molecule has 42 heavy (non-hydrogen) atoms. The zero-order valence-electron chi connectivity index (χ0n) is 25.7. The maximum atomic E-state index is 13.9. The predicted molar refractivity (Wildman–Crippen MR) is 163 cm³/mol. The van der Waals surface area contributed by atoms with Gasteiger partial charge in [0.25, 0.3) is 0 Å². The van der Waals surface area contributed by atoms with Gasteiger partial charge in [0, 0.05) is 45.7 Å². The van der Waals surface area contributed by atoms with Crippen molar-refractivity contribution in [3.8, 4) is 0 Å². The minimum Gasteiger partial charge on any atom is -0.446 e. The Labute approximate surface area is 250 Å². The Balaban J connectivity index is 1.34. The molecule has 1 aromatic heterocycles. The first-order valence-corrected chi connectivity index (χ1v) is 19.5. The van der Waals surface area contributed by atoms with E-state index in [2.05, 4.69) is 42.2 Å². The van der Waals surface area contributed by atoms with Gasteiger partial charge in [-0.05, 0) is 62.8 Å². The summed E-state index contributed by atoms with van der Waals surface area (Å²) in [4.78, 5) is 46.6. The fraction of sp³-hybridized carbons (Fsp3) is 0.742. The third kappa shape index (κ3) is 7.00. The molecule has 4 aliphatic rings. The first-order chi connectivity index (χ1) is 20.1. The lowest BCUT2D eigenvalue weighted by atomic mass is 9.76. The SMILES string of the molecule is CC1CCC(C(NC(=O)OC2CCC2)C(=O)Nc2cc3c(cn2)C2(CCOCC2)C(=O)N3COCC[Si](C)(C)C)CC1. The van der Waals surface area contributed by atoms with Gasteiger partial charge in [0.1, 0.15) is 24.7 Å². The zero-order valence-corrected chi connectivity index (χ0v) is 26.7. The largest absolute Gasteiger partial charge is 0.446 e. The fourth-order valence-corrected chi connectivity index (χ4v) is 7.23. The van der Waals surface area contributed by atoms with Crippen LogP contribution in [-0.2, 0) is 29.2 Å². The van der Waals surface area contributed by atoms with Crippen molar-refractivity contribution in [1.29, 1.82) is 0 Å². The Morgan fingerprint density at radius 2 is 1.86 bits per heavy atom. The number of anilines is 2. The standard InChI is InChI=1S/C31H48N4O6Si/c1-21-8-10-22(11-9-21)27(34-30(38)41-23-6-5-7-23)28(36)33-26-18-25-24(19-32-26)31(12-14-39-15-13-31)29(37)35(25)20-40-16-17-42(2,3)4/h18-19,21-23,27H,5-17,20H2,1-4H3,(H,34,38)(H,32,33,36). The van der Waals surface area contributed by atoms with Gasteiger partial charge in [-0.3, -0.25) is 14.5 Å². The normalized spacial score (nSPS) is 24.6. The number of nitrogens with zero attached hydrogens (tertiary/aromatic N) is 2. The Kier molecular flexibility index (Phi) is 9.58. The van der Waals surface area contributed by atoms with Crippen molar-refractivity contribution < 1.29 is 28.6 Å². The van der Waals surface area contributed by atoms with Crippen LogP contribution in [0.3, 0.4) is 0 Å². The van der Waals surface area contributed by atoms with E-state index in [4.69, 9.17) is 14.2 Å². The lowest BCUT2D eigenvalue weighted by molar-refractivity contribution is -0.127. The Morgan fingerprint density at radius 3 is 2.50 bits per heavy atom. The summed E-state index contributed by atoms with van der Waals surface area (Å²) in [6, 6.07) is 2.07. The van der Waals surface area contributed by atoms with E-state index in [0.717, 1.165) is 62.2 Å². The van der Waals surface area contributed by atoms with Crippen molar-refractivity contribution in [2.24, 2.45) is 11.8 Å². The van der Waals surface area contributed by atoms with Crippen LogP contribution in [0.1, 0.15) is 70.3 Å². The van der Waals surface area contributed by atoms with E-state index >= 15 is 0 Å². The Hall–Kier alpha value is -2.50. The molecule has 1 spiro atoms. The molecule has 1 atom stereocenters. The molecule has 2 aliphatic carbocycles. The van der Waals surface area contributed by atoms with Crippen LogP contribution in [-0.4, -0.2) is 69.7 Å². The smallest absolute Gasteiger partial charge is 0.408 e. The lowest BCUT2D eigenvalue weighted by Gasteiger charge is -2.33. The number of hydrogen-bond donors (Lipinski definition) is 2. The van der Waals surface area contributed by atoms with Gasteiger partial charge >= 0.3 is 6.09 Å². The van der Waals surface area contributed by atoms with Crippen molar-refractivity contribution in [1.82, 2.24) is 10.3 Å². The highest BCUT2D eigenvalue weighted by Gasteiger charge is 2.52. The van der Waals surface area contributed by atoms with Gasteiger partial charge in [-0.2, -0.15) is 0 Å². The molecule has 1 unspecified atom stereocenters. The van der Waals surface area contributed by atoms with Crippen LogP contribution >= 0.6 is 0 Å². The van der Waals surface area contributed by atoms with E-state index in [1.165, 1.54) is 0 Å². The number of nitrogens with one attached hydrogen (secondary N) is 2. The van der Waals surface area contributed by atoms with Crippen LogP contribution in [0.15, 0.2) is 12.3 Å². The number of alkyl carbamates (subject to hydrolysis) is 1. The molecule has 5 rings (SSSR count). The number of hydrogen-bond acceptors (Lipinski definition) is 7. The average molecular weight is 601 g/mol. The highest BCUT2D eigenvalue weighted by atomic mass is 28.3. The molecule has 2 saturated carbocycles. The van der Waals surface area contributed by atoms with E-state index in [1.54, 1.807) is 17.2 Å². The van der Waals surface area contributed by atoms with E-state index in [-0.39, 0.29) is 30.6 Å².